The lowest BCUT2D eigenvalue weighted by molar-refractivity contribution is -0.277. The molecule has 3 rings (SSSR count). The SMILES string of the molecule is CC(=O)NC(=O)[C@@H](NC(=O)[C@H]1N(C(=O)[C@H](Cc2ccccc2)NC(=O)[C@H](CC(C)C)NN(C)C)[C@@H](CO)CC12OC(CO)C(O)C(O)C2O)C(C)C. The first kappa shape index (κ1) is 42.9. The van der Waals surface area contributed by atoms with Gasteiger partial charge in [-0.05, 0) is 23.8 Å². The van der Waals surface area contributed by atoms with Gasteiger partial charge in [0.05, 0.1) is 19.3 Å². The molecule has 2 fully saturated rings. The lowest BCUT2D eigenvalue weighted by atomic mass is 9.78. The van der Waals surface area contributed by atoms with Crippen molar-refractivity contribution >= 4 is 29.5 Å². The summed E-state index contributed by atoms with van der Waals surface area (Å²) in [6.07, 6.45) is -7.44. The molecule has 9 N–H and O–H groups in total. The fraction of sp³-hybridized carbons (Fsp3) is 0.686. The maximum absolute atomic E-state index is 14.9. The minimum Gasteiger partial charge on any atom is -0.394 e. The summed E-state index contributed by atoms with van der Waals surface area (Å²) in [5.41, 5.74) is 1.48. The van der Waals surface area contributed by atoms with E-state index < -0.39 is 115 Å². The van der Waals surface area contributed by atoms with E-state index >= 15 is 0 Å². The van der Waals surface area contributed by atoms with E-state index in [0.717, 1.165) is 11.8 Å². The molecule has 17 heteroatoms. The van der Waals surface area contributed by atoms with E-state index in [0.29, 0.717) is 12.0 Å². The number of nitrogens with zero attached hydrogens (tertiary/aromatic N) is 2. The van der Waals surface area contributed by atoms with Crippen LogP contribution in [-0.2, 0) is 35.1 Å². The van der Waals surface area contributed by atoms with Crippen molar-refractivity contribution in [1.29, 1.82) is 0 Å². The standard InChI is InChI=1S/C35H56N6O11/c1-18(2)13-23(39-40(6)7)31(48)37-24(14-21-11-9-8-10-12-21)34(51)41-22(16-42)15-35(30(47)28(46)27(45)25(17-43)52-35)29(41)33(50)38-26(19(3)4)32(49)36-20(5)44/h8-12,18-19,22-30,39,42-43,45-47H,13-17H2,1-7H3,(H,37,48)(H,38,50)(H,36,44,49)/t22-,23+,24+,25?,26+,27?,28?,29-,30?,35?/m1/s1. The summed E-state index contributed by atoms with van der Waals surface area (Å²) in [6, 6.07) is 2.16. The van der Waals surface area contributed by atoms with Crippen LogP contribution in [0.15, 0.2) is 30.3 Å². The number of rotatable bonds is 15. The van der Waals surface area contributed by atoms with Gasteiger partial charge in [-0.15, -0.1) is 0 Å². The van der Waals surface area contributed by atoms with E-state index in [1.165, 1.54) is 0 Å². The molecule has 1 aromatic rings. The van der Waals surface area contributed by atoms with Gasteiger partial charge in [-0.2, -0.15) is 0 Å². The number of nitrogens with one attached hydrogen (secondary N) is 4. The Balaban J connectivity index is 2.19. The van der Waals surface area contributed by atoms with Gasteiger partial charge < -0.3 is 45.8 Å². The van der Waals surface area contributed by atoms with Gasteiger partial charge in [0, 0.05) is 33.9 Å². The Morgan fingerprint density at radius 1 is 0.923 bits per heavy atom. The molecule has 2 aliphatic heterocycles. The lowest BCUT2D eigenvalue weighted by Gasteiger charge is -2.49. The number of likely N-dealkylation sites (tertiary alicyclic amines) is 1. The molecule has 1 aromatic carbocycles. The molecule has 292 valence electrons. The molecule has 0 aromatic heterocycles. The number of hydrogen-bond acceptors (Lipinski definition) is 13. The number of carbonyl (C=O) groups excluding carboxylic acids is 5. The number of amides is 5. The molecule has 0 radical (unpaired) electrons. The summed E-state index contributed by atoms with van der Waals surface area (Å²) in [7, 11) is 3.43. The smallest absolute Gasteiger partial charge is 0.249 e. The highest BCUT2D eigenvalue weighted by molar-refractivity contribution is 6.00. The zero-order chi connectivity index (χ0) is 39.1. The second-order valence-corrected chi connectivity index (χ2v) is 14.6. The second kappa shape index (κ2) is 18.5. The zero-order valence-corrected chi connectivity index (χ0v) is 30.9. The molecule has 0 saturated carbocycles. The molecule has 1 spiro atoms. The summed E-state index contributed by atoms with van der Waals surface area (Å²) in [5.74, 6) is -4.50. The Morgan fingerprint density at radius 3 is 2.08 bits per heavy atom. The fourth-order valence-corrected chi connectivity index (χ4v) is 7.01. The number of aliphatic hydroxyl groups excluding tert-OH is 5. The first-order chi connectivity index (χ1) is 24.4. The molecule has 0 aliphatic carbocycles. The molecule has 2 saturated heterocycles. The Bertz CT molecular complexity index is 1390. The van der Waals surface area contributed by atoms with Crippen LogP contribution >= 0.6 is 0 Å². The first-order valence-corrected chi connectivity index (χ1v) is 17.5. The lowest BCUT2D eigenvalue weighted by Crippen LogP contribution is -2.72. The Hall–Kier alpha value is -3.55. The zero-order valence-electron chi connectivity index (χ0n) is 30.9. The highest BCUT2D eigenvalue weighted by atomic mass is 16.6. The van der Waals surface area contributed by atoms with Gasteiger partial charge in [0.1, 0.15) is 54.2 Å². The van der Waals surface area contributed by atoms with Gasteiger partial charge in [0.15, 0.2) is 0 Å². The Kier molecular flexibility index (Phi) is 15.2. The average Bonchev–Trinajstić information content (AvgIpc) is 3.41. The van der Waals surface area contributed by atoms with Gasteiger partial charge in [0.2, 0.25) is 29.5 Å². The number of hydrazine groups is 1. The van der Waals surface area contributed by atoms with Crippen LogP contribution in [0.2, 0.25) is 0 Å². The molecule has 10 atom stereocenters. The number of benzene rings is 1. The third kappa shape index (κ3) is 9.90. The maximum Gasteiger partial charge on any atom is 0.249 e. The van der Waals surface area contributed by atoms with Crippen molar-refractivity contribution in [3.05, 3.63) is 35.9 Å². The molecule has 5 unspecified atom stereocenters. The molecule has 2 heterocycles. The summed E-state index contributed by atoms with van der Waals surface area (Å²) in [5, 5.41) is 63.1. The Labute approximate surface area is 304 Å². The summed E-state index contributed by atoms with van der Waals surface area (Å²) in [4.78, 5) is 69.1. The van der Waals surface area contributed by atoms with Crippen molar-refractivity contribution in [2.45, 2.75) is 114 Å². The van der Waals surface area contributed by atoms with Gasteiger partial charge in [-0.3, -0.25) is 29.3 Å². The average molecular weight is 737 g/mol. The van der Waals surface area contributed by atoms with Crippen molar-refractivity contribution in [3.8, 4) is 0 Å². The van der Waals surface area contributed by atoms with Crippen molar-refractivity contribution in [2.24, 2.45) is 11.8 Å². The van der Waals surface area contributed by atoms with E-state index in [9.17, 15) is 49.5 Å². The highest BCUT2D eigenvalue weighted by Gasteiger charge is 2.67. The number of aliphatic hydroxyl groups is 5. The third-order valence-corrected chi connectivity index (χ3v) is 9.39. The molecule has 52 heavy (non-hydrogen) atoms. The maximum atomic E-state index is 14.9. The molecular formula is C35H56N6O11. The number of hydrogen-bond donors (Lipinski definition) is 9. The van der Waals surface area contributed by atoms with Crippen molar-refractivity contribution in [1.82, 2.24) is 31.3 Å². The predicted molar refractivity (Wildman–Crippen MR) is 187 cm³/mol. The molecule has 2 aliphatic rings. The van der Waals surface area contributed by atoms with Crippen LogP contribution in [0, 0.1) is 11.8 Å². The van der Waals surface area contributed by atoms with Crippen LogP contribution < -0.4 is 21.4 Å². The highest BCUT2D eigenvalue weighted by Crippen LogP contribution is 2.45. The molecule has 0 bridgehead atoms. The van der Waals surface area contributed by atoms with Crippen LogP contribution in [0.1, 0.15) is 53.0 Å². The first-order valence-electron chi connectivity index (χ1n) is 17.5. The van der Waals surface area contributed by atoms with Gasteiger partial charge >= 0.3 is 0 Å². The van der Waals surface area contributed by atoms with Gasteiger partial charge in [-0.25, -0.2) is 10.4 Å². The molecular weight excluding hydrogens is 680 g/mol. The normalized spacial score (nSPS) is 27.8. The summed E-state index contributed by atoms with van der Waals surface area (Å²) in [6.45, 7) is 6.57. The van der Waals surface area contributed by atoms with Crippen LogP contribution in [0.3, 0.4) is 0 Å². The van der Waals surface area contributed by atoms with Crippen LogP contribution in [0.4, 0.5) is 0 Å². The van der Waals surface area contributed by atoms with Gasteiger partial charge in [-0.1, -0.05) is 58.0 Å². The van der Waals surface area contributed by atoms with Crippen molar-refractivity contribution < 1.29 is 54.2 Å². The topological polar surface area (TPSA) is 250 Å². The fourth-order valence-electron chi connectivity index (χ4n) is 7.01. The van der Waals surface area contributed by atoms with Crippen LogP contribution in [0.25, 0.3) is 0 Å². The number of ether oxygens (including phenoxy) is 1. The van der Waals surface area contributed by atoms with E-state index in [1.807, 2.05) is 13.8 Å². The minimum atomic E-state index is -2.23. The largest absolute Gasteiger partial charge is 0.394 e. The quantitative estimate of drug-likeness (QED) is 0.0826. The second-order valence-electron chi connectivity index (χ2n) is 14.6. The number of imide groups is 1. The molecule has 17 nitrogen and oxygen atoms in total. The van der Waals surface area contributed by atoms with Gasteiger partial charge in [0.25, 0.3) is 0 Å². The van der Waals surface area contributed by atoms with Crippen LogP contribution in [0.5, 0.6) is 0 Å². The van der Waals surface area contributed by atoms with E-state index in [1.54, 1.807) is 63.3 Å². The van der Waals surface area contributed by atoms with E-state index in [2.05, 4.69) is 21.4 Å². The summed E-state index contributed by atoms with van der Waals surface area (Å²) >= 11 is 0. The Morgan fingerprint density at radius 2 is 1.56 bits per heavy atom. The summed E-state index contributed by atoms with van der Waals surface area (Å²) < 4.78 is 6.06. The molecule has 5 amide bonds. The third-order valence-electron chi connectivity index (χ3n) is 9.39. The monoisotopic (exact) mass is 736 g/mol. The number of carbonyl (C=O) groups is 5. The predicted octanol–water partition coefficient (Wildman–Crippen LogP) is -2.83. The van der Waals surface area contributed by atoms with E-state index in [-0.39, 0.29) is 12.3 Å². The van der Waals surface area contributed by atoms with Crippen molar-refractivity contribution in [3.63, 3.8) is 0 Å². The van der Waals surface area contributed by atoms with E-state index in [4.69, 9.17) is 4.74 Å². The van der Waals surface area contributed by atoms with Crippen molar-refractivity contribution in [2.75, 3.05) is 27.3 Å². The minimum absolute atomic E-state index is 0.0581. The van der Waals surface area contributed by atoms with Crippen LogP contribution in [-0.4, -0.2) is 153 Å².